The van der Waals surface area contributed by atoms with Crippen LogP contribution in [0.3, 0.4) is 0 Å². The highest BCUT2D eigenvalue weighted by atomic mass is 28.2. The van der Waals surface area contributed by atoms with Crippen molar-refractivity contribution in [2.45, 2.75) is 31.2 Å². The smallest absolute Gasteiger partial charge is 0.320 e. The van der Waals surface area contributed by atoms with E-state index in [1.807, 2.05) is 37.3 Å². The summed E-state index contributed by atoms with van der Waals surface area (Å²) < 4.78 is 10.4. The predicted octanol–water partition coefficient (Wildman–Crippen LogP) is 1.58. The van der Waals surface area contributed by atoms with Crippen LogP contribution in [-0.2, 0) is 14.3 Å². The zero-order valence-electron chi connectivity index (χ0n) is 10.3. The summed E-state index contributed by atoms with van der Waals surface area (Å²) in [6.45, 7) is 1.99. The predicted molar refractivity (Wildman–Crippen MR) is 68.9 cm³/mol. The van der Waals surface area contributed by atoms with Crippen molar-refractivity contribution in [3.8, 4) is 5.75 Å². The van der Waals surface area contributed by atoms with Crippen molar-refractivity contribution >= 4 is 21.7 Å². The van der Waals surface area contributed by atoms with Gasteiger partial charge < -0.3 is 9.16 Å². The van der Waals surface area contributed by atoms with Crippen LogP contribution in [0.15, 0.2) is 30.3 Å². The van der Waals surface area contributed by atoms with Gasteiger partial charge in [0.1, 0.15) is 10.8 Å². The minimum atomic E-state index is -1.20. The van der Waals surface area contributed by atoms with E-state index in [0.717, 1.165) is 12.2 Å². The van der Waals surface area contributed by atoms with Gasteiger partial charge in [-0.1, -0.05) is 31.5 Å². The fourth-order valence-electron chi connectivity index (χ4n) is 2.19. The molecule has 1 unspecified atom stereocenters. The third-order valence-corrected chi connectivity index (χ3v) is 5.03. The standard InChI is InChI=1S/C13H16O4Si/c1-2-8-13(9-11(14)16-12(13)15)18-17-10-6-4-3-5-7-10/h3-7H,2,8-9,18H2,1H3. The van der Waals surface area contributed by atoms with Crippen LogP contribution < -0.4 is 4.43 Å². The van der Waals surface area contributed by atoms with Gasteiger partial charge in [0.15, 0.2) is 0 Å². The van der Waals surface area contributed by atoms with Gasteiger partial charge in [0, 0.05) is 0 Å². The molecule has 0 spiro atoms. The molecule has 0 amide bonds. The van der Waals surface area contributed by atoms with Crippen molar-refractivity contribution in [2.75, 3.05) is 0 Å². The third-order valence-electron chi connectivity index (χ3n) is 3.11. The molecule has 1 aromatic rings. The molecule has 1 aliphatic rings. The van der Waals surface area contributed by atoms with E-state index in [1.165, 1.54) is 0 Å². The average Bonchev–Trinajstić information content (AvgIpc) is 2.64. The number of esters is 2. The lowest BCUT2D eigenvalue weighted by atomic mass is 10.0. The molecule has 0 bridgehead atoms. The van der Waals surface area contributed by atoms with E-state index in [2.05, 4.69) is 0 Å². The molecule has 1 atom stereocenters. The maximum atomic E-state index is 11.8. The van der Waals surface area contributed by atoms with E-state index in [1.54, 1.807) is 0 Å². The van der Waals surface area contributed by atoms with Gasteiger partial charge >= 0.3 is 11.9 Å². The van der Waals surface area contributed by atoms with E-state index in [-0.39, 0.29) is 6.42 Å². The summed E-state index contributed by atoms with van der Waals surface area (Å²) in [6.07, 6.45) is 1.68. The highest BCUT2D eigenvalue weighted by Gasteiger charge is 2.49. The molecule has 2 rings (SSSR count). The summed E-state index contributed by atoms with van der Waals surface area (Å²) >= 11 is 0. The largest absolute Gasteiger partial charge is 0.548 e. The Morgan fingerprint density at radius 2 is 2.06 bits per heavy atom. The molecule has 96 valence electrons. The molecule has 1 heterocycles. The second-order valence-corrected chi connectivity index (χ2v) is 6.50. The van der Waals surface area contributed by atoms with E-state index in [4.69, 9.17) is 9.16 Å². The van der Waals surface area contributed by atoms with Gasteiger partial charge in [-0.05, 0) is 18.6 Å². The third kappa shape index (κ3) is 2.61. The first-order valence-electron chi connectivity index (χ1n) is 6.09. The normalized spacial score (nSPS) is 23.6. The first kappa shape index (κ1) is 12.8. The Bertz CT molecular complexity index is 446. The van der Waals surface area contributed by atoms with Crippen LogP contribution in [-0.4, -0.2) is 21.7 Å². The molecule has 0 aromatic heterocycles. The van der Waals surface area contributed by atoms with Crippen LogP contribution in [0, 0.1) is 0 Å². The Labute approximate surface area is 108 Å². The van der Waals surface area contributed by atoms with Crippen molar-refractivity contribution in [3.63, 3.8) is 0 Å². The van der Waals surface area contributed by atoms with Gasteiger partial charge in [-0.15, -0.1) is 0 Å². The van der Waals surface area contributed by atoms with E-state index < -0.39 is 26.7 Å². The van der Waals surface area contributed by atoms with Crippen LogP contribution in [0.5, 0.6) is 5.75 Å². The number of hydrogen-bond donors (Lipinski definition) is 0. The van der Waals surface area contributed by atoms with Crippen LogP contribution in [0.4, 0.5) is 0 Å². The Balaban J connectivity index is 2.07. The molecule has 1 fully saturated rings. The number of carbonyl (C=O) groups is 2. The van der Waals surface area contributed by atoms with Crippen molar-refractivity contribution in [3.05, 3.63) is 30.3 Å². The van der Waals surface area contributed by atoms with Crippen LogP contribution in [0.25, 0.3) is 0 Å². The Kier molecular flexibility index (Phi) is 3.81. The second-order valence-electron chi connectivity index (χ2n) is 4.57. The lowest BCUT2D eigenvalue weighted by Crippen LogP contribution is -2.29. The molecule has 0 saturated carbocycles. The number of cyclic esters (lactones) is 2. The maximum Gasteiger partial charge on any atom is 0.320 e. The molecule has 5 heteroatoms. The zero-order valence-corrected chi connectivity index (χ0v) is 11.8. The SMILES string of the molecule is CCCC1([SiH2]Oc2ccccc2)CC(=O)OC1=O. The zero-order chi connectivity index (χ0) is 13.0. The van der Waals surface area contributed by atoms with E-state index >= 15 is 0 Å². The number of rotatable bonds is 5. The number of para-hydroxylation sites is 1. The summed E-state index contributed by atoms with van der Waals surface area (Å²) in [5.74, 6) is -0.0543. The first-order chi connectivity index (χ1) is 8.66. The maximum absolute atomic E-state index is 11.8. The van der Waals surface area contributed by atoms with Crippen molar-refractivity contribution < 1.29 is 18.8 Å². The van der Waals surface area contributed by atoms with Crippen LogP contribution >= 0.6 is 0 Å². The quantitative estimate of drug-likeness (QED) is 0.460. The second kappa shape index (κ2) is 5.35. The molecule has 0 aliphatic carbocycles. The lowest BCUT2D eigenvalue weighted by molar-refractivity contribution is -0.153. The summed E-state index contributed by atoms with van der Waals surface area (Å²) in [5.41, 5.74) is 0. The molecule has 1 aliphatic heterocycles. The summed E-state index contributed by atoms with van der Waals surface area (Å²) in [6, 6.07) is 9.38. The highest BCUT2D eigenvalue weighted by molar-refractivity contribution is 6.43. The molecule has 0 N–H and O–H groups in total. The topological polar surface area (TPSA) is 52.6 Å². The molecule has 18 heavy (non-hydrogen) atoms. The van der Waals surface area contributed by atoms with Crippen molar-refractivity contribution in [1.82, 2.24) is 0 Å². The van der Waals surface area contributed by atoms with Crippen molar-refractivity contribution in [1.29, 1.82) is 0 Å². The number of benzene rings is 1. The first-order valence-corrected chi connectivity index (χ1v) is 7.38. The minimum absolute atomic E-state index is 0.179. The summed E-state index contributed by atoms with van der Waals surface area (Å²) in [7, 11) is -1.20. The monoisotopic (exact) mass is 264 g/mol. The molecule has 4 nitrogen and oxygen atoms in total. The molecule has 1 saturated heterocycles. The molecular weight excluding hydrogens is 248 g/mol. The van der Waals surface area contributed by atoms with Crippen LogP contribution in [0.2, 0.25) is 5.04 Å². The number of carbonyl (C=O) groups excluding carboxylic acids is 2. The summed E-state index contributed by atoms with van der Waals surface area (Å²) in [5, 5.41) is -0.665. The highest BCUT2D eigenvalue weighted by Crippen LogP contribution is 2.42. The molecular formula is C13H16O4Si. The average molecular weight is 264 g/mol. The van der Waals surface area contributed by atoms with Gasteiger partial charge in [-0.25, -0.2) is 0 Å². The van der Waals surface area contributed by atoms with Gasteiger partial charge in [0.2, 0.25) is 9.76 Å². The minimum Gasteiger partial charge on any atom is -0.548 e. The van der Waals surface area contributed by atoms with Crippen molar-refractivity contribution in [2.24, 2.45) is 0 Å². The van der Waals surface area contributed by atoms with E-state index in [9.17, 15) is 9.59 Å². The van der Waals surface area contributed by atoms with Gasteiger partial charge in [-0.2, -0.15) is 0 Å². The Hall–Kier alpha value is -1.62. The molecule has 0 radical (unpaired) electrons. The fourth-order valence-corrected chi connectivity index (χ4v) is 3.82. The Morgan fingerprint density at radius 1 is 1.33 bits per heavy atom. The number of hydrogen-bond acceptors (Lipinski definition) is 4. The van der Waals surface area contributed by atoms with E-state index in [0.29, 0.717) is 6.42 Å². The van der Waals surface area contributed by atoms with Gasteiger partial charge in [-0.3, -0.25) is 9.59 Å². The Morgan fingerprint density at radius 3 is 2.61 bits per heavy atom. The fraction of sp³-hybridized carbons (Fsp3) is 0.385. The number of ether oxygens (including phenoxy) is 1. The summed E-state index contributed by atoms with van der Waals surface area (Å²) in [4.78, 5) is 23.1. The molecule has 1 aromatic carbocycles. The lowest BCUT2D eigenvalue weighted by Gasteiger charge is -2.22. The van der Waals surface area contributed by atoms with Crippen LogP contribution in [0.1, 0.15) is 26.2 Å². The van der Waals surface area contributed by atoms with Gasteiger partial charge in [0.25, 0.3) is 0 Å². The van der Waals surface area contributed by atoms with Gasteiger partial charge in [0.05, 0.1) is 6.42 Å².